The predicted octanol–water partition coefficient (Wildman–Crippen LogP) is 3.73. The Labute approximate surface area is 94.3 Å². The Morgan fingerprint density at radius 1 is 1.20 bits per heavy atom. The minimum atomic E-state index is 1.12. The number of hydrogen-bond acceptors (Lipinski definition) is 2. The summed E-state index contributed by atoms with van der Waals surface area (Å²) in [5.41, 5.74) is 0. The maximum Gasteiger partial charge on any atom is 0.128 e. The van der Waals surface area contributed by atoms with E-state index >= 15 is 0 Å². The summed E-state index contributed by atoms with van der Waals surface area (Å²) in [5.74, 6) is 1.12. The van der Waals surface area contributed by atoms with Crippen LogP contribution in [0.3, 0.4) is 0 Å². The molecule has 1 aliphatic heterocycles. The van der Waals surface area contributed by atoms with Crippen LogP contribution in [0.1, 0.15) is 40.5 Å². The molecule has 0 spiro atoms. The van der Waals surface area contributed by atoms with Gasteiger partial charge in [-0.2, -0.15) is 0 Å². The van der Waals surface area contributed by atoms with Crippen molar-refractivity contribution in [1.29, 1.82) is 0 Å². The fourth-order valence-corrected chi connectivity index (χ4v) is 1.09. The zero-order valence-electron chi connectivity index (χ0n) is 10.5. The number of pyridine rings is 1. The molecule has 0 bridgehead atoms. The molecular formula is C13H24N2. The summed E-state index contributed by atoms with van der Waals surface area (Å²) in [6, 6.07) is 6.03. The second kappa shape index (κ2) is 9.50. The molecule has 2 rings (SSSR count). The van der Waals surface area contributed by atoms with Crippen molar-refractivity contribution in [2.24, 2.45) is 0 Å². The minimum Gasteiger partial charge on any atom is -0.356 e. The zero-order chi connectivity index (χ0) is 11.5. The van der Waals surface area contributed by atoms with Crippen LogP contribution in [0.15, 0.2) is 24.4 Å². The Morgan fingerprint density at radius 3 is 2.13 bits per heavy atom. The third-order valence-electron chi connectivity index (χ3n) is 1.83. The van der Waals surface area contributed by atoms with Gasteiger partial charge in [-0.05, 0) is 18.6 Å². The summed E-state index contributed by atoms with van der Waals surface area (Å²) in [4.78, 5) is 6.50. The van der Waals surface area contributed by atoms with Crippen molar-refractivity contribution in [3.05, 3.63) is 24.4 Å². The third-order valence-corrected chi connectivity index (χ3v) is 1.83. The van der Waals surface area contributed by atoms with Gasteiger partial charge in [-0.1, -0.05) is 40.2 Å². The Hall–Kier alpha value is -1.05. The van der Waals surface area contributed by atoms with Gasteiger partial charge in [0.25, 0.3) is 0 Å². The van der Waals surface area contributed by atoms with Crippen LogP contribution in [0, 0.1) is 0 Å². The van der Waals surface area contributed by atoms with Crippen molar-refractivity contribution in [1.82, 2.24) is 4.98 Å². The number of hydrogen-bond donors (Lipinski definition) is 0. The van der Waals surface area contributed by atoms with Gasteiger partial charge in [-0.15, -0.1) is 0 Å². The number of rotatable bonds is 1. The van der Waals surface area contributed by atoms with E-state index in [0.717, 1.165) is 5.82 Å². The lowest BCUT2D eigenvalue weighted by Gasteiger charge is -2.31. The van der Waals surface area contributed by atoms with Crippen LogP contribution < -0.4 is 4.90 Å². The molecule has 0 aliphatic carbocycles. The maximum atomic E-state index is 4.23. The maximum absolute atomic E-state index is 4.23. The second-order valence-electron chi connectivity index (χ2n) is 3.24. The lowest BCUT2D eigenvalue weighted by molar-refractivity contribution is 0.610. The molecule has 1 saturated heterocycles. The number of aromatic nitrogens is 1. The van der Waals surface area contributed by atoms with E-state index < -0.39 is 0 Å². The van der Waals surface area contributed by atoms with E-state index in [1.165, 1.54) is 25.9 Å². The van der Waals surface area contributed by atoms with Crippen molar-refractivity contribution in [3.63, 3.8) is 0 Å². The molecule has 0 aromatic carbocycles. The Morgan fingerprint density at radius 2 is 1.80 bits per heavy atom. The molecule has 15 heavy (non-hydrogen) atoms. The monoisotopic (exact) mass is 208 g/mol. The van der Waals surface area contributed by atoms with Crippen molar-refractivity contribution in [2.45, 2.75) is 40.5 Å². The van der Waals surface area contributed by atoms with Crippen molar-refractivity contribution in [2.75, 3.05) is 18.0 Å². The lowest BCUT2D eigenvalue weighted by Crippen LogP contribution is -2.37. The van der Waals surface area contributed by atoms with Gasteiger partial charge in [0, 0.05) is 19.3 Å². The van der Waals surface area contributed by atoms with Gasteiger partial charge in [-0.3, -0.25) is 0 Å². The fourth-order valence-electron chi connectivity index (χ4n) is 1.09. The molecule has 86 valence electrons. The first-order chi connectivity index (χ1) is 7.38. The van der Waals surface area contributed by atoms with Crippen LogP contribution in [0.2, 0.25) is 0 Å². The van der Waals surface area contributed by atoms with Gasteiger partial charge >= 0.3 is 0 Å². The molecule has 0 N–H and O–H groups in total. The smallest absolute Gasteiger partial charge is 0.128 e. The molecule has 0 amide bonds. The molecule has 0 unspecified atom stereocenters. The first-order valence-corrected chi connectivity index (χ1v) is 6.04. The summed E-state index contributed by atoms with van der Waals surface area (Å²) in [6.07, 6.45) is 4.41. The Bertz CT molecular complexity index is 217. The van der Waals surface area contributed by atoms with Gasteiger partial charge < -0.3 is 4.90 Å². The number of anilines is 1. The average Bonchev–Trinajstić information content (AvgIpc) is 2.21. The minimum absolute atomic E-state index is 1.12. The number of nitrogens with zero attached hydrogens (tertiary/aromatic N) is 2. The van der Waals surface area contributed by atoms with Gasteiger partial charge in [0.1, 0.15) is 5.82 Å². The van der Waals surface area contributed by atoms with E-state index in [-0.39, 0.29) is 0 Å². The summed E-state index contributed by atoms with van der Waals surface area (Å²) in [6.45, 7) is 10.6. The standard InChI is InChI=1S/C8H10N2.C3H8.C2H6/c1-2-5-9-8(4-1)10-6-3-7-10;1-3-2;1-2/h1-2,4-5H,3,6-7H2;3H2,1-2H3;1-2H3. The van der Waals surface area contributed by atoms with Crippen LogP contribution in [-0.4, -0.2) is 18.1 Å². The normalized spacial score (nSPS) is 12.7. The van der Waals surface area contributed by atoms with Crippen LogP contribution >= 0.6 is 0 Å². The van der Waals surface area contributed by atoms with E-state index in [2.05, 4.69) is 29.8 Å². The van der Waals surface area contributed by atoms with E-state index in [1.807, 2.05) is 32.2 Å². The van der Waals surface area contributed by atoms with Crippen LogP contribution in [0.4, 0.5) is 5.82 Å². The predicted molar refractivity (Wildman–Crippen MR) is 68.4 cm³/mol. The molecule has 2 nitrogen and oxygen atoms in total. The highest BCUT2D eigenvalue weighted by Crippen LogP contribution is 2.15. The van der Waals surface area contributed by atoms with Crippen LogP contribution in [0.5, 0.6) is 0 Å². The van der Waals surface area contributed by atoms with Crippen molar-refractivity contribution < 1.29 is 0 Å². The second-order valence-corrected chi connectivity index (χ2v) is 3.24. The largest absolute Gasteiger partial charge is 0.356 e. The van der Waals surface area contributed by atoms with Crippen LogP contribution in [0.25, 0.3) is 0 Å². The molecule has 1 fully saturated rings. The quantitative estimate of drug-likeness (QED) is 0.699. The zero-order valence-corrected chi connectivity index (χ0v) is 10.5. The summed E-state index contributed by atoms with van der Waals surface area (Å²) >= 11 is 0. The Kier molecular flexibility index (Phi) is 8.84. The lowest BCUT2D eigenvalue weighted by atomic mass is 10.2. The molecule has 0 saturated carbocycles. The SMILES string of the molecule is CC.CCC.c1ccc(N2CCC2)nc1. The fraction of sp³-hybridized carbons (Fsp3) is 0.615. The summed E-state index contributed by atoms with van der Waals surface area (Å²) < 4.78 is 0. The molecule has 1 aliphatic rings. The van der Waals surface area contributed by atoms with E-state index in [1.54, 1.807) is 0 Å². The highest BCUT2D eigenvalue weighted by molar-refractivity contribution is 5.39. The topological polar surface area (TPSA) is 16.1 Å². The molecule has 2 heterocycles. The molecule has 0 radical (unpaired) electrons. The van der Waals surface area contributed by atoms with E-state index in [4.69, 9.17) is 0 Å². The van der Waals surface area contributed by atoms with Crippen LogP contribution in [-0.2, 0) is 0 Å². The summed E-state index contributed by atoms with van der Waals surface area (Å²) in [5, 5.41) is 0. The van der Waals surface area contributed by atoms with Gasteiger partial charge in [-0.25, -0.2) is 4.98 Å². The third kappa shape index (κ3) is 5.40. The molecule has 0 atom stereocenters. The molecule has 1 aromatic heterocycles. The first-order valence-electron chi connectivity index (χ1n) is 6.04. The summed E-state index contributed by atoms with van der Waals surface area (Å²) in [7, 11) is 0. The van der Waals surface area contributed by atoms with E-state index in [0.29, 0.717) is 0 Å². The molecule has 1 aromatic rings. The average molecular weight is 208 g/mol. The molecular weight excluding hydrogens is 184 g/mol. The van der Waals surface area contributed by atoms with E-state index in [9.17, 15) is 0 Å². The van der Waals surface area contributed by atoms with Gasteiger partial charge in [0.15, 0.2) is 0 Å². The van der Waals surface area contributed by atoms with Crippen molar-refractivity contribution in [3.8, 4) is 0 Å². The van der Waals surface area contributed by atoms with Gasteiger partial charge in [0.05, 0.1) is 0 Å². The molecule has 2 heteroatoms. The highest BCUT2D eigenvalue weighted by Gasteiger charge is 2.13. The van der Waals surface area contributed by atoms with Crippen molar-refractivity contribution >= 4 is 5.82 Å². The first kappa shape index (κ1) is 13.9. The highest BCUT2D eigenvalue weighted by atomic mass is 15.2. The van der Waals surface area contributed by atoms with Gasteiger partial charge in [0.2, 0.25) is 0 Å². The Balaban J connectivity index is 0.000000342.